The lowest BCUT2D eigenvalue weighted by atomic mass is 9.83. The summed E-state index contributed by atoms with van der Waals surface area (Å²) >= 11 is 0. The van der Waals surface area contributed by atoms with E-state index in [1.165, 1.54) is 12.8 Å². The standard InChI is InChI=1S/C9H19NO/c1-7(10-2)8-3-5-9(11)6-4-8/h7-11H,3-6H2,1-2H3/t7-,8?,9?/m1/s1. The fourth-order valence-electron chi connectivity index (χ4n) is 1.84. The average molecular weight is 157 g/mol. The van der Waals surface area contributed by atoms with Gasteiger partial charge in [0.25, 0.3) is 0 Å². The Bertz CT molecular complexity index is 108. The zero-order valence-electron chi connectivity index (χ0n) is 7.51. The Balaban J connectivity index is 2.27. The number of aliphatic hydroxyl groups is 1. The minimum Gasteiger partial charge on any atom is -0.393 e. The first-order chi connectivity index (χ1) is 5.24. The molecule has 1 fully saturated rings. The maximum Gasteiger partial charge on any atom is 0.0540 e. The van der Waals surface area contributed by atoms with Crippen molar-refractivity contribution < 1.29 is 5.11 Å². The molecule has 2 nitrogen and oxygen atoms in total. The van der Waals surface area contributed by atoms with Gasteiger partial charge < -0.3 is 10.4 Å². The van der Waals surface area contributed by atoms with Gasteiger partial charge in [0.2, 0.25) is 0 Å². The molecule has 1 rings (SSSR count). The lowest BCUT2D eigenvalue weighted by Gasteiger charge is -2.29. The summed E-state index contributed by atoms with van der Waals surface area (Å²) in [4.78, 5) is 0. The van der Waals surface area contributed by atoms with Crippen LogP contribution < -0.4 is 5.32 Å². The van der Waals surface area contributed by atoms with Crippen LogP contribution in [-0.2, 0) is 0 Å². The Morgan fingerprint density at radius 2 is 1.82 bits per heavy atom. The summed E-state index contributed by atoms with van der Waals surface area (Å²) in [7, 11) is 2.01. The number of hydrogen-bond acceptors (Lipinski definition) is 2. The van der Waals surface area contributed by atoms with Crippen molar-refractivity contribution in [2.75, 3.05) is 7.05 Å². The van der Waals surface area contributed by atoms with Crippen molar-refractivity contribution in [3.8, 4) is 0 Å². The Morgan fingerprint density at radius 3 is 2.27 bits per heavy atom. The molecule has 66 valence electrons. The van der Waals surface area contributed by atoms with Crippen LogP contribution in [0.1, 0.15) is 32.6 Å². The van der Waals surface area contributed by atoms with Gasteiger partial charge in [0.05, 0.1) is 6.10 Å². The predicted molar refractivity (Wildman–Crippen MR) is 46.5 cm³/mol. The summed E-state index contributed by atoms with van der Waals surface area (Å²) in [5.41, 5.74) is 0. The summed E-state index contributed by atoms with van der Waals surface area (Å²) in [5.74, 6) is 0.781. The van der Waals surface area contributed by atoms with Gasteiger partial charge in [-0.25, -0.2) is 0 Å². The zero-order chi connectivity index (χ0) is 8.27. The molecule has 0 aromatic carbocycles. The highest BCUT2D eigenvalue weighted by atomic mass is 16.3. The van der Waals surface area contributed by atoms with Crippen molar-refractivity contribution in [3.05, 3.63) is 0 Å². The summed E-state index contributed by atoms with van der Waals surface area (Å²) in [6.45, 7) is 2.22. The molecule has 0 aromatic heterocycles. The second kappa shape index (κ2) is 4.07. The van der Waals surface area contributed by atoms with E-state index < -0.39 is 0 Å². The van der Waals surface area contributed by atoms with Gasteiger partial charge in [-0.2, -0.15) is 0 Å². The van der Waals surface area contributed by atoms with Crippen molar-refractivity contribution in [1.82, 2.24) is 5.32 Å². The van der Waals surface area contributed by atoms with Crippen LogP contribution in [0.4, 0.5) is 0 Å². The molecular weight excluding hydrogens is 138 g/mol. The number of aliphatic hydroxyl groups excluding tert-OH is 1. The van der Waals surface area contributed by atoms with Gasteiger partial charge in [-0.1, -0.05) is 0 Å². The summed E-state index contributed by atoms with van der Waals surface area (Å²) in [6.07, 6.45) is 4.34. The van der Waals surface area contributed by atoms with Crippen molar-refractivity contribution in [1.29, 1.82) is 0 Å². The van der Waals surface area contributed by atoms with Crippen LogP contribution >= 0.6 is 0 Å². The predicted octanol–water partition coefficient (Wildman–Crippen LogP) is 1.15. The van der Waals surface area contributed by atoms with Gasteiger partial charge in [0.15, 0.2) is 0 Å². The van der Waals surface area contributed by atoms with Gasteiger partial charge in [-0.3, -0.25) is 0 Å². The third-order valence-corrected chi connectivity index (χ3v) is 2.90. The highest BCUT2D eigenvalue weighted by Crippen LogP contribution is 2.26. The third-order valence-electron chi connectivity index (χ3n) is 2.90. The van der Waals surface area contributed by atoms with Gasteiger partial charge in [-0.05, 0) is 45.6 Å². The number of hydrogen-bond donors (Lipinski definition) is 2. The smallest absolute Gasteiger partial charge is 0.0540 e. The molecule has 0 amide bonds. The molecule has 0 bridgehead atoms. The second-order valence-corrected chi connectivity index (χ2v) is 3.65. The molecule has 0 spiro atoms. The maximum absolute atomic E-state index is 9.26. The van der Waals surface area contributed by atoms with E-state index in [2.05, 4.69) is 12.2 Å². The van der Waals surface area contributed by atoms with Gasteiger partial charge in [-0.15, -0.1) is 0 Å². The molecule has 2 heteroatoms. The van der Waals surface area contributed by atoms with E-state index in [4.69, 9.17) is 0 Å². The van der Waals surface area contributed by atoms with Crippen molar-refractivity contribution in [2.45, 2.75) is 44.8 Å². The van der Waals surface area contributed by atoms with Gasteiger partial charge >= 0.3 is 0 Å². The van der Waals surface area contributed by atoms with Crippen LogP contribution in [-0.4, -0.2) is 24.3 Å². The third kappa shape index (κ3) is 2.46. The molecule has 11 heavy (non-hydrogen) atoms. The normalized spacial score (nSPS) is 35.2. The van der Waals surface area contributed by atoms with E-state index in [0.717, 1.165) is 18.8 Å². The zero-order valence-corrected chi connectivity index (χ0v) is 7.51. The van der Waals surface area contributed by atoms with E-state index in [9.17, 15) is 5.11 Å². The first-order valence-corrected chi connectivity index (χ1v) is 4.59. The first-order valence-electron chi connectivity index (χ1n) is 4.59. The quantitative estimate of drug-likeness (QED) is 0.630. The van der Waals surface area contributed by atoms with E-state index >= 15 is 0 Å². The van der Waals surface area contributed by atoms with Gasteiger partial charge in [0.1, 0.15) is 0 Å². The minimum absolute atomic E-state index is 0.0182. The first kappa shape index (κ1) is 9.01. The molecule has 0 unspecified atom stereocenters. The van der Waals surface area contributed by atoms with E-state index in [-0.39, 0.29) is 6.10 Å². The maximum atomic E-state index is 9.26. The Labute approximate surface area is 69.0 Å². The molecule has 1 aliphatic carbocycles. The minimum atomic E-state index is -0.0182. The monoisotopic (exact) mass is 157 g/mol. The average Bonchev–Trinajstić information content (AvgIpc) is 2.05. The molecule has 1 aliphatic rings. The highest BCUT2D eigenvalue weighted by Gasteiger charge is 2.22. The van der Waals surface area contributed by atoms with Crippen LogP contribution in [0.2, 0.25) is 0 Å². The number of nitrogens with one attached hydrogen (secondary N) is 1. The molecular formula is C9H19NO. The summed E-state index contributed by atoms with van der Waals surface area (Å²) in [6, 6.07) is 0.613. The largest absolute Gasteiger partial charge is 0.393 e. The highest BCUT2D eigenvalue weighted by molar-refractivity contribution is 4.77. The molecule has 0 saturated heterocycles. The second-order valence-electron chi connectivity index (χ2n) is 3.65. The lowest BCUT2D eigenvalue weighted by molar-refractivity contribution is 0.100. The van der Waals surface area contributed by atoms with Crippen LogP contribution in [0.15, 0.2) is 0 Å². The molecule has 1 saturated carbocycles. The molecule has 2 N–H and O–H groups in total. The van der Waals surface area contributed by atoms with Gasteiger partial charge in [0, 0.05) is 6.04 Å². The summed E-state index contributed by atoms with van der Waals surface area (Å²) in [5, 5.41) is 12.5. The molecule has 0 heterocycles. The fourth-order valence-corrected chi connectivity index (χ4v) is 1.84. The van der Waals surface area contributed by atoms with E-state index in [1.54, 1.807) is 0 Å². The molecule has 0 radical (unpaired) electrons. The topological polar surface area (TPSA) is 32.3 Å². The fraction of sp³-hybridized carbons (Fsp3) is 1.00. The molecule has 0 aromatic rings. The van der Waals surface area contributed by atoms with Crippen LogP contribution in [0.5, 0.6) is 0 Å². The SMILES string of the molecule is CN[C@H](C)C1CCC(O)CC1. The number of rotatable bonds is 2. The van der Waals surface area contributed by atoms with Crippen molar-refractivity contribution >= 4 is 0 Å². The van der Waals surface area contributed by atoms with Crippen molar-refractivity contribution in [3.63, 3.8) is 0 Å². The lowest BCUT2D eigenvalue weighted by Crippen LogP contribution is -2.34. The van der Waals surface area contributed by atoms with Crippen LogP contribution in [0.3, 0.4) is 0 Å². The summed E-state index contributed by atoms with van der Waals surface area (Å²) < 4.78 is 0. The molecule has 1 atom stereocenters. The van der Waals surface area contributed by atoms with Crippen LogP contribution in [0.25, 0.3) is 0 Å². The van der Waals surface area contributed by atoms with E-state index in [1.807, 2.05) is 7.05 Å². The van der Waals surface area contributed by atoms with Crippen molar-refractivity contribution in [2.24, 2.45) is 5.92 Å². The van der Waals surface area contributed by atoms with E-state index in [0.29, 0.717) is 6.04 Å². The van der Waals surface area contributed by atoms with Crippen LogP contribution in [0, 0.1) is 5.92 Å². The Morgan fingerprint density at radius 1 is 1.27 bits per heavy atom. The molecule has 0 aliphatic heterocycles. The Kier molecular flexibility index (Phi) is 3.34. The Hall–Kier alpha value is -0.0800.